The van der Waals surface area contributed by atoms with Crippen LogP contribution < -0.4 is 0 Å². The van der Waals surface area contributed by atoms with Crippen LogP contribution in [0.2, 0.25) is 0 Å². The van der Waals surface area contributed by atoms with Gasteiger partial charge in [0.2, 0.25) is 0 Å². The summed E-state index contributed by atoms with van der Waals surface area (Å²) in [6, 6.07) is 17.4. The molecule has 0 amide bonds. The lowest BCUT2D eigenvalue weighted by Crippen LogP contribution is -2.12. The summed E-state index contributed by atoms with van der Waals surface area (Å²) in [5.41, 5.74) is 4.90. The molecule has 0 spiro atoms. The third-order valence-corrected chi connectivity index (χ3v) is 6.19. The summed E-state index contributed by atoms with van der Waals surface area (Å²) < 4.78 is 0. The van der Waals surface area contributed by atoms with Crippen molar-refractivity contribution in [2.75, 3.05) is 0 Å². The van der Waals surface area contributed by atoms with Gasteiger partial charge in [-0.25, -0.2) is 0 Å². The average molecular weight is 376 g/mol. The van der Waals surface area contributed by atoms with Crippen LogP contribution in [-0.4, -0.2) is 16.0 Å². The van der Waals surface area contributed by atoms with E-state index in [1.165, 1.54) is 29.5 Å². The van der Waals surface area contributed by atoms with Gasteiger partial charge in [0, 0.05) is 21.3 Å². The van der Waals surface area contributed by atoms with E-state index in [1.807, 2.05) is 13.0 Å². The fraction of sp³-hybridized carbons (Fsp3) is 0.174. The first kappa shape index (κ1) is 17.7. The summed E-state index contributed by atoms with van der Waals surface area (Å²) in [5.74, 6) is -0.744. The predicted molar refractivity (Wildman–Crippen MR) is 108 cm³/mol. The minimum absolute atomic E-state index is 0.0165. The molecular weight excluding hydrogens is 356 g/mol. The van der Waals surface area contributed by atoms with Crippen molar-refractivity contribution < 1.29 is 15.0 Å². The smallest absolute Gasteiger partial charge is 0.171 e. The molecular formula is C23H20O3S. The second-order valence-corrected chi connectivity index (χ2v) is 7.97. The van der Waals surface area contributed by atoms with Gasteiger partial charge in [-0.1, -0.05) is 60.6 Å². The van der Waals surface area contributed by atoms with Gasteiger partial charge in [-0.15, -0.1) is 0 Å². The van der Waals surface area contributed by atoms with E-state index < -0.39 is 0 Å². The van der Waals surface area contributed by atoms with E-state index in [2.05, 4.69) is 43.3 Å². The molecule has 4 rings (SSSR count). The van der Waals surface area contributed by atoms with Crippen LogP contribution >= 0.6 is 11.8 Å². The molecule has 1 aliphatic heterocycles. The Bertz CT molecular complexity index is 1040. The maximum atomic E-state index is 13.1. The molecule has 1 aliphatic rings. The minimum atomic E-state index is -0.260. The molecule has 0 bridgehead atoms. The highest BCUT2D eigenvalue weighted by molar-refractivity contribution is 7.99. The molecule has 3 nitrogen and oxygen atoms in total. The summed E-state index contributed by atoms with van der Waals surface area (Å²) in [5, 5.41) is 19.8. The molecule has 0 aliphatic carbocycles. The highest BCUT2D eigenvalue weighted by Crippen LogP contribution is 2.46. The quantitative estimate of drug-likeness (QED) is 0.546. The fourth-order valence-electron chi connectivity index (χ4n) is 3.52. The van der Waals surface area contributed by atoms with E-state index in [1.54, 1.807) is 0 Å². The van der Waals surface area contributed by atoms with E-state index >= 15 is 0 Å². The molecule has 3 aromatic rings. The lowest BCUT2D eigenvalue weighted by Gasteiger charge is -2.15. The number of ketones is 1. The minimum Gasteiger partial charge on any atom is -0.504 e. The van der Waals surface area contributed by atoms with Crippen LogP contribution in [0.1, 0.15) is 40.7 Å². The summed E-state index contributed by atoms with van der Waals surface area (Å²) >= 11 is 1.47. The number of benzene rings is 3. The van der Waals surface area contributed by atoms with Gasteiger partial charge in [0.15, 0.2) is 17.3 Å². The van der Waals surface area contributed by atoms with E-state index in [0.29, 0.717) is 16.9 Å². The van der Waals surface area contributed by atoms with Gasteiger partial charge < -0.3 is 10.2 Å². The van der Waals surface area contributed by atoms with Crippen molar-refractivity contribution in [3.05, 3.63) is 71.3 Å². The molecule has 1 unspecified atom stereocenters. The Morgan fingerprint density at radius 1 is 0.889 bits per heavy atom. The number of phenols is 2. The Balaban J connectivity index is 1.87. The number of aromatic hydroxyl groups is 2. The lowest BCUT2D eigenvalue weighted by atomic mass is 9.87. The van der Waals surface area contributed by atoms with Crippen molar-refractivity contribution >= 4 is 17.5 Å². The van der Waals surface area contributed by atoms with Gasteiger partial charge in [-0.2, -0.15) is 0 Å². The first-order valence-electron chi connectivity index (χ1n) is 8.97. The number of hydrogen-bond acceptors (Lipinski definition) is 4. The van der Waals surface area contributed by atoms with Crippen molar-refractivity contribution in [3.8, 4) is 22.6 Å². The van der Waals surface area contributed by atoms with Crippen LogP contribution in [0, 0.1) is 6.92 Å². The van der Waals surface area contributed by atoms with Crippen molar-refractivity contribution in [3.63, 3.8) is 0 Å². The Hall–Kier alpha value is -2.72. The van der Waals surface area contributed by atoms with E-state index in [0.717, 1.165) is 21.6 Å². The van der Waals surface area contributed by atoms with Crippen molar-refractivity contribution in [1.82, 2.24) is 0 Å². The van der Waals surface area contributed by atoms with Gasteiger partial charge in [0.05, 0.1) is 0 Å². The topological polar surface area (TPSA) is 57.5 Å². The lowest BCUT2D eigenvalue weighted by molar-refractivity contribution is 0.0953. The van der Waals surface area contributed by atoms with Gasteiger partial charge in [-0.3, -0.25) is 4.79 Å². The zero-order valence-corrected chi connectivity index (χ0v) is 16.0. The summed E-state index contributed by atoms with van der Waals surface area (Å²) in [7, 11) is 0. The highest BCUT2D eigenvalue weighted by Gasteiger charge is 2.30. The van der Waals surface area contributed by atoms with Crippen molar-refractivity contribution in [2.45, 2.75) is 36.0 Å². The van der Waals surface area contributed by atoms with E-state index in [-0.39, 0.29) is 23.2 Å². The number of phenolic OH excluding ortho intramolecular Hbond substituents is 2. The summed E-state index contributed by atoms with van der Waals surface area (Å²) in [6.45, 7) is 4.06. The normalized spacial score (nSPS) is 15.8. The van der Waals surface area contributed by atoms with E-state index in [4.69, 9.17) is 0 Å². The maximum absolute atomic E-state index is 13.1. The van der Waals surface area contributed by atoms with Gasteiger partial charge >= 0.3 is 0 Å². The Labute approximate surface area is 162 Å². The SMILES string of the molecule is CCC1C(=O)c2cc(O)c(O)cc2Sc2cc(-c3ccc(C)cc3)ccc21. The maximum Gasteiger partial charge on any atom is 0.171 e. The molecule has 4 heteroatoms. The van der Waals surface area contributed by atoms with Crippen LogP contribution in [0.5, 0.6) is 11.5 Å². The zero-order chi connectivity index (χ0) is 19.1. The number of rotatable bonds is 2. The first-order chi connectivity index (χ1) is 13.0. The van der Waals surface area contributed by atoms with Crippen molar-refractivity contribution in [1.29, 1.82) is 0 Å². The standard InChI is InChI=1S/C23H20O3S/c1-3-16-17-9-8-15(14-6-4-13(2)5-7-14)10-21(17)27-22-12-20(25)19(24)11-18(22)23(16)26/h4-12,16,24-25H,3H2,1-2H3. The van der Waals surface area contributed by atoms with Crippen LogP contribution in [0.4, 0.5) is 0 Å². The van der Waals surface area contributed by atoms with Gasteiger partial charge in [0.1, 0.15) is 0 Å². The molecule has 27 heavy (non-hydrogen) atoms. The Morgan fingerprint density at radius 2 is 1.56 bits per heavy atom. The van der Waals surface area contributed by atoms with E-state index in [9.17, 15) is 15.0 Å². The van der Waals surface area contributed by atoms with Gasteiger partial charge in [0.25, 0.3) is 0 Å². The number of hydrogen-bond donors (Lipinski definition) is 2. The second kappa shape index (κ2) is 6.78. The largest absolute Gasteiger partial charge is 0.504 e. The Kier molecular flexibility index (Phi) is 4.44. The van der Waals surface area contributed by atoms with Crippen molar-refractivity contribution in [2.24, 2.45) is 0 Å². The van der Waals surface area contributed by atoms with Crippen LogP contribution in [0.3, 0.4) is 0 Å². The number of fused-ring (bicyclic) bond motifs is 2. The first-order valence-corrected chi connectivity index (χ1v) is 9.78. The molecule has 1 heterocycles. The molecule has 136 valence electrons. The Morgan fingerprint density at radius 3 is 2.26 bits per heavy atom. The molecule has 0 radical (unpaired) electrons. The second-order valence-electron chi connectivity index (χ2n) is 6.88. The molecule has 0 aromatic heterocycles. The van der Waals surface area contributed by atoms with Crippen LogP contribution in [0.15, 0.2) is 64.4 Å². The molecule has 0 saturated carbocycles. The number of carbonyl (C=O) groups is 1. The third kappa shape index (κ3) is 3.10. The molecule has 2 N–H and O–H groups in total. The average Bonchev–Trinajstić information content (AvgIpc) is 2.76. The molecule has 3 aromatic carbocycles. The molecule has 1 atom stereocenters. The van der Waals surface area contributed by atoms with Gasteiger partial charge in [-0.05, 0) is 48.2 Å². The monoisotopic (exact) mass is 376 g/mol. The molecule has 0 saturated heterocycles. The summed E-state index contributed by atoms with van der Waals surface area (Å²) in [6.07, 6.45) is 0.678. The number of Topliss-reactive ketones (excluding diaryl/α,β-unsaturated/α-hetero) is 1. The van der Waals surface area contributed by atoms with Crippen LogP contribution in [0.25, 0.3) is 11.1 Å². The predicted octanol–water partition coefficient (Wildman–Crippen LogP) is 5.91. The summed E-state index contributed by atoms with van der Waals surface area (Å²) in [4.78, 5) is 14.8. The number of carbonyl (C=O) groups excluding carboxylic acids is 1. The number of aryl methyl sites for hydroxylation is 1. The van der Waals surface area contributed by atoms with Crippen LogP contribution in [-0.2, 0) is 0 Å². The third-order valence-electron chi connectivity index (χ3n) is 5.06. The fourth-order valence-corrected chi connectivity index (χ4v) is 4.71. The highest BCUT2D eigenvalue weighted by atomic mass is 32.2. The zero-order valence-electron chi connectivity index (χ0n) is 15.2. The molecule has 0 fully saturated rings.